The van der Waals surface area contributed by atoms with Crippen LogP contribution in [-0.4, -0.2) is 56.5 Å². The van der Waals surface area contributed by atoms with Gasteiger partial charge in [0.1, 0.15) is 5.78 Å². The molecule has 1 amide bonds. The summed E-state index contributed by atoms with van der Waals surface area (Å²) in [7, 11) is 5.12. The van der Waals surface area contributed by atoms with Gasteiger partial charge in [0.05, 0.1) is 18.7 Å². The molecule has 0 aromatic carbocycles. The molecule has 146 valence electrons. The Balaban J connectivity index is -0.000000786. The lowest BCUT2D eigenvalue weighted by Crippen LogP contribution is -2.51. The lowest BCUT2D eigenvalue weighted by atomic mass is 9.90. The van der Waals surface area contributed by atoms with Crippen LogP contribution < -0.4 is 5.32 Å². The average Bonchev–Trinajstić information content (AvgIpc) is 2.56. The summed E-state index contributed by atoms with van der Waals surface area (Å²) in [6, 6.07) is -0.0836. The fraction of sp³-hybridized carbons (Fsp3) is 0.895. The van der Waals surface area contributed by atoms with Crippen LogP contribution in [0.2, 0.25) is 0 Å². The maximum absolute atomic E-state index is 12.0. The molecule has 0 saturated carbocycles. The number of likely N-dealkylation sites (N-methyl/N-ethyl adjacent to an activating group) is 2. The fourth-order valence-corrected chi connectivity index (χ4v) is 2.31. The van der Waals surface area contributed by atoms with Crippen LogP contribution in [0.4, 0.5) is 0 Å². The molecule has 1 N–H and O–H groups in total. The summed E-state index contributed by atoms with van der Waals surface area (Å²) in [5.74, 6) is 0.364. The van der Waals surface area contributed by atoms with E-state index in [1.165, 1.54) is 6.42 Å². The van der Waals surface area contributed by atoms with Crippen molar-refractivity contribution in [3.8, 4) is 0 Å². The van der Waals surface area contributed by atoms with Crippen molar-refractivity contribution in [2.24, 2.45) is 5.92 Å². The van der Waals surface area contributed by atoms with Crippen LogP contribution in [0.15, 0.2) is 0 Å². The van der Waals surface area contributed by atoms with Gasteiger partial charge in [-0.25, -0.2) is 0 Å². The van der Waals surface area contributed by atoms with Crippen LogP contribution in [0.3, 0.4) is 0 Å². The summed E-state index contributed by atoms with van der Waals surface area (Å²) in [5.41, 5.74) is 0. The zero-order valence-corrected chi connectivity index (χ0v) is 17.7. The number of ketones is 1. The maximum atomic E-state index is 12.0. The molecule has 5 nitrogen and oxygen atoms in total. The number of nitrogens with one attached hydrogen (secondary N) is 1. The van der Waals surface area contributed by atoms with Gasteiger partial charge in [0.25, 0.3) is 0 Å². The molecule has 5 heteroatoms. The Hall–Kier alpha value is -0.940. The van der Waals surface area contributed by atoms with E-state index in [1.807, 2.05) is 13.8 Å². The number of Topliss-reactive ketones (excluding diaryl/α,β-unsaturated/α-hetero) is 1. The first-order valence-electron chi connectivity index (χ1n) is 9.22. The predicted octanol–water partition coefficient (Wildman–Crippen LogP) is 3.52. The lowest BCUT2D eigenvalue weighted by molar-refractivity contribution is -0.137. The monoisotopic (exact) mass is 346 g/mol. The van der Waals surface area contributed by atoms with E-state index >= 15 is 0 Å². The van der Waals surface area contributed by atoms with Gasteiger partial charge in [-0.1, -0.05) is 54.4 Å². The zero-order chi connectivity index (χ0) is 19.7. The van der Waals surface area contributed by atoms with Gasteiger partial charge in [-0.15, -0.1) is 0 Å². The standard InChI is InChI=1S/C14H28N2O3.C3H8.C2H6/c1-7-10(2)14(12(19-6)8-11(3)17)16(5)13(18)9-15-4;1-3-2;1-2/h10,12,14-15H,7-9H2,1-6H3;3H2,1-2H3;1-2H3. The van der Waals surface area contributed by atoms with E-state index in [1.54, 1.807) is 33.0 Å². The summed E-state index contributed by atoms with van der Waals surface area (Å²) in [6.07, 6.45) is 2.26. The van der Waals surface area contributed by atoms with Crippen molar-refractivity contribution in [3.63, 3.8) is 0 Å². The minimum Gasteiger partial charge on any atom is -0.379 e. The van der Waals surface area contributed by atoms with E-state index in [0.29, 0.717) is 13.0 Å². The third-order valence-corrected chi connectivity index (χ3v) is 3.57. The molecular formula is C19H42N2O3. The Morgan fingerprint density at radius 2 is 1.62 bits per heavy atom. The van der Waals surface area contributed by atoms with E-state index in [9.17, 15) is 9.59 Å². The van der Waals surface area contributed by atoms with Crippen LogP contribution in [0.25, 0.3) is 0 Å². The molecule has 0 aliphatic carbocycles. The van der Waals surface area contributed by atoms with Crippen LogP contribution in [0, 0.1) is 5.92 Å². The molecule has 0 rings (SSSR count). The highest BCUT2D eigenvalue weighted by Gasteiger charge is 2.32. The van der Waals surface area contributed by atoms with E-state index in [4.69, 9.17) is 4.74 Å². The van der Waals surface area contributed by atoms with Gasteiger partial charge >= 0.3 is 0 Å². The third-order valence-electron chi connectivity index (χ3n) is 3.57. The summed E-state index contributed by atoms with van der Waals surface area (Å²) in [4.78, 5) is 25.1. The SMILES string of the molecule is CC.CCC.CCC(C)C(C(CC(C)=O)OC)N(C)C(=O)CNC. The second-order valence-corrected chi connectivity index (χ2v) is 5.80. The molecule has 0 saturated heterocycles. The maximum Gasteiger partial charge on any atom is 0.236 e. The molecule has 0 spiro atoms. The number of rotatable bonds is 9. The smallest absolute Gasteiger partial charge is 0.236 e. The first-order valence-corrected chi connectivity index (χ1v) is 9.22. The Morgan fingerprint density at radius 1 is 1.17 bits per heavy atom. The van der Waals surface area contributed by atoms with Crippen molar-refractivity contribution in [3.05, 3.63) is 0 Å². The minimum absolute atomic E-state index is 0.0124. The van der Waals surface area contributed by atoms with Crippen LogP contribution in [-0.2, 0) is 14.3 Å². The number of nitrogens with zero attached hydrogens (tertiary/aromatic N) is 1. The van der Waals surface area contributed by atoms with Crippen LogP contribution in [0.1, 0.15) is 67.7 Å². The predicted molar refractivity (Wildman–Crippen MR) is 103 cm³/mol. The van der Waals surface area contributed by atoms with Crippen LogP contribution >= 0.6 is 0 Å². The second kappa shape index (κ2) is 18.4. The molecule has 0 aromatic heterocycles. The van der Waals surface area contributed by atoms with Crippen LogP contribution in [0.5, 0.6) is 0 Å². The zero-order valence-electron chi connectivity index (χ0n) is 17.7. The molecular weight excluding hydrogens is 304 g/mol. The molecule has 3 unspecified atom stereocenters. The summed E-state index contributed by atoms with van der Waals surface area (Å²) < 4.78 is 5.46. The number of amides is 1. The largest absolute Gasteiger partial charge is 0.379 e. The van der Waals surface area contributed by atoms with E-state index < -0.39 is 0 Å². The van der Waals surface area contributed by atoms with Gasteiger partial charge in [0.15, 0.2) is 0 Å². The normalized spacial score (nSPS) is 13.4. The quantitative estimate of drug-likeness (QED) is 0.694. The van der Waals surface area contributed by atoms with Crippen molar-refractivity contribution in [2.75, 3.05) is 27.7 Å². The van der Waals surface area contributed by atoms with E-state index in [0.717, 1.165) is 6.42 Å². The van der Waals surface area contributed by atoms with Gasteiger partial charge in [0, 0.05) is 20.6 Å². The first-order chi connectivity index (χ1) is 11.3. The highest BCUT2D eigenvalue weighted by molar-refractivity contribution is 5.79. The number of hydrogen-bond acceptors (Lipinski definition) is 4. The number of carbonyl (C=O) groups is 2. The van der Waals surface area contributed by atoms with Gasteiger partial charge < -0.3 is 15.0 Å². The lowest BCUT2D eigenvalue weighted by Gasteiger charge is -2.37. The Bertz CT molecular complexity index is 309. The van der Waals surface area contributed by atoms with Crippen molar-refractivity contribution < 1.29 is 14.3 Å². The molecule has 0 aliphatic heterocycles. The first kappa shape index (κ1) is 27.9. The molecule has 0 bridgehead atoms. The number of hydrogen-bond donors (Lipinski definition) is 1. The molecule has 0 aromatic rings. The fourth-order valence-electron chi connectivity index (χ4n) is 2.31. The van der Waals surface area contributed by atoms with Crippen molar-refractivity contribution >= 4 is 11.7 Å². The van der Waals surface area contributed by atoms with Gasteiger partial charge in [-0.2, -0.15) is 0 Å². The topological polar surface area (TPSA) is 58.6 Å². The second-order valence-electron chi connectivity index (χ2n) is 5.80. The molecule has 0 fully saturated rings. The number of methoxy groups -OCH3 is 1. The van der Waals surface area contributed by atoms with Crippen molar-refractivity contribution in [2.45, 2.75) is 79.9 Å². The number of carbonyl (C=O) groups excluding carboxylic acids is 2. The Labute approximate surface area is 150 Å². The van der Waals surface area contributed by atoms with Gasteiger partial charge in [-0.3, -0.25) is 9.59 Å². The highest BCUT2D eigenvalue weighted by Crippen LogP contribution is 2.21. The van der Waals surface area contributed by atoms with Crippen molar-refractivity contribution in [1.29, 1.82) is 0 Å². The molecule has 0 radical (unpaired) electrons. The Morgan fingerprint density at radius 3 is 1.92 bits per heavy atom. The summed E-state index contributed by atoms with van der Waals surface area (Å²) in [6.45, 7) is 14.3. The third kappa shape index (κ3) is 12.5. The summed E-state index contributed by atoms with van der Waals surface area (Å²) >= 11 is 0. The Kier molecular flexibility index (Phi) is 21.4. The molecule has 0 heterocycles. The van der Waals surface area contributed by atoms with Gasteiger partial charge in [-0.05, 0) is 19.9 Å². The van der Waals surface area contributed by atoms with Crippen molar-refractivity contribution in [1.82, 2.24) is 10.2 Å². The average molecular weight is 347 g/mol. The minimum atomic E-state index is -0.252. The molecule has 3 atom stereocenters. The summed E-state index contributed by atoms with van der Waals surface area (Å²) in [5, 5.41) is 2.86. The number of ether oxygens (including phenoxy) is 1. The molecule has 0 aliphatic rings. The molecule has 24 heavy (non-hydrogen) atoms. The highest BCUT2D eigenvalue weighted by atomic mass is 16.5. The van der Waals surface area contributed by atoms with E-state index in [-0.39, 0.29) is 29.8 Å². The van der Waals surface area contributed by atoms with E-state index in [2.05, 4.69) is 33.0 Å². The van der Waals surface area contributed by atoms with Gasteiger partial charge in [0.2, 0.25) is 5.91 Å².